The van der Waals surface area contributed by atoms with Gasteiger partial charge in [-0.15, -0.1) is 0 Å². The Labute approximate surface area is 156 Å². The number of rotatable bonds is 3. The lowest BCUT2D eigenvalue weighted by Gasteiger charge is -2.16. The molecule has 0 N–H and O–H groups in total. The Morgan fingerprint density at radius 2 is 0.680 bits per heavy atom. The van der Waals surface area contributed by atoms with E-state index in [0.29, 0.717) is 0 Å². The van der Waals surface area contributed by atoms with Crippen molar-refractivity contribution < 1.29 is 0 Å². The Bertz CT molecular complexity index is 872. The van der Waals surface area contributed by atoms with Crippen molar-refractivity contribution in [1.29, 1.82) is 0 Å². The maximum absolute atomic E-state index is 2.21. The summed E-state index contributed by atoms with van der Waals surface area (Å²) >= 11 is 0. The Hall–Kier alpha value is -2.77. The summed E-state index contributed by atoms with van der Waals surface area (Å²) in [7, 11) is 0. The molecule has 0 aromatic heterocycles. The summed E-state index contributed by atoms with van der Waals surface area (Å²) in [5.41, 5.74) is 7.56. The Balaban J connectivity index is 0.00000182. The second-order valence-electron chi connectivity index (χ2n) is 5.83. The van der Waals surface area contributed by atoms with Crippen LogP contribution >= 0.6 is 13.5 Å². The smallest absolute Gasteiger partial charge is 0.00268 e. The minimum absolute atomic E-state index is 0. The van der Waals surface area contributed by atoms with Crippen LogP contribution in [-0.4, -0.2) is 0 Å². The van der Waals surface area contributed by atoms with Crippen LogP contribution in [0.25, 0.3) is 33.4 Å². The predicted molar refractivity (Wildman–Crippen MR) is 113 cm³/mol. The molecule has 0 heterocycles. The SMILES string of the molecule is S.c1ccc(-c2cccc(-c3ccccc3)c2-c2ccccc2)cc1. The third-order valence-electron chi connectivity index (χ3n) is 4.30. The molecule has 0 amide bonds. The lowest BCUT2D eigenvalue weighted by Crippen LogP contribution is -1.90. The lowest BCUT2D eigenvalue weighted by atomic mass is 9.88. The van der Waals surface area contributed by atoms with Crippen LogP contribution in [0.3, 0.4) is 0 Å². The quantitative estimate of drug-likeness (QED) is 0.385. The van der Waals surface area contributed by atoms with Gasteiger partial charge in [0, 0.05) is 0 Å². The van der Waals surface area contributed by atoms with Crippen LogP contribution in [0.1, 0.15) is 0 Å². The van der Waals surface area contributed by atoms with Crippen molar-refractivity contribution in [1.82, 2.24) is 0 Å². The van der Waals surface area contributed by atoms with Gasteiger partial charge in [0.15, 0.2) is 0 Å². The Morgan fingerprint density at radius 1 is 0.320 bits per heavy atom. The molecule has 0 atom stereocenters. The van der Waals surface area contributed by atoms with E-state index in [0.717, 1.165) is 0 Å². The summed E-state index contributed by atoms with van der Waals surface area (Å²) in [5.74, 6) is 0. The molecule has 0 bridgehead atoms. The molecule has 0 saturated heterocycles. The van der Waals surface area contributed by atoms with E-state index < -0.39 is 0 Å². The van der Waals surface area contributed by atoms with Gasteiger partial charge in [-0.3, -0.25) is 0 Å². The number of benzene rings is 4. The van der Waals surface area contributed by atoms with Gasteiger partial charge in [0.05, 0.1) is 0 Å². The first-order valence-corrected chi connectivity index (χ1v) is 8.23. The van der Waals surface area contributed by atoms with Crippen molar-refractivity contribution in [3.8, 4) is 33.4 Å². The zero-order chi connectivity index (χ0) is 16.2. The minimum atomic E-state index is 0. The molecule has 4 rings (SSSR count). The fourth-order valence-corrected chi connectivity index (χ4v) is 3.18. The number of hydrogen-bond acceptors (Lipinski definition) is 0. The fourth-order valence-electron chi connectivity index (χ4n) is 3.18. The molecule has 0 fully saturated rings. The molecular weight excluding hydrogens is 320 g/mol. The summed E-state index contributed by atoms with van der Waals surface area (Å²) in [5, 5.41) is 0. The molecule has 0 aliphatic heterocycles. The normalized spacial score (nSPS) is 10.1. The van der Waals surface area contributed by atoms with Crippen molar-refractivity contribution in [2.75, 3.05) is 0 Å². The maximum atomic E-state index is 2.21. The third-order valence-corrected chi connectivity index (χ3v) is 4.30. The zero-order valence-electron chi connectivity index (χ0n) is 13.9. The minimum Gasteiger partial charge on any atom is -0.197 e. The highest BCUT2D eigenvalue weighted by Crippen LogP contribution is 2.39. The van der Waals surface area contributed by atoms with Crippen molar-refractivity contribution in [3.05, 3.63) is 109 Å². The molecule has 0 saturated carbocycles. The van der Waals surface area contributed by atoms with E-state index in [2.05, 4.69) is 109 Å². The second-order valence-corrected chi connectivity index (χ2v) is 5.83. The first kappa shape index (κ1) is 17.1. The van der Waals surface area contributed by atoms with Gasteiger partial charge in [-0.05, 0) is 33.4 Å². The predicted octanol–water partition coefficient (Wildman–Crippen LogP) is 6.80. The van der Waals surface area contributed by atoms with Crippen LogP contribution < -0.4 is 0 Å². The van der Waals surface area contributed by atoms with Crippen molar-refractivity contribution >= 4 is 13.5 Å². The van der Waals surface area contributed by atoms with Gasteiger partial charge in [0.2, 0.25) is 0 Å². The number of hydrogen-bond donors (Lipinski definition) is 0. The van der Waals surface area contributed by atoms with Gasteiger partial charge in [-0.2, -0.15) is 13.5 Å². The summed E-state index contributed by atoms with van der Waals surface area (Å²) in [4.78, 5) is 0. The van der Waals surface area contributed by atoms with E-state index in [9.17, 15) is 0 Å². The highest BCUT2D eigenvalue weighted by Gasteiger charge is 2.13. The van der Waals surface area contributed by atoms with Gasteiger partial charge in [0.25, 0.3) is 0 Å². The van der Waals surface area contributed by atoms with Gasteiger partial charge >= 0.3 is 0 Å². The highest BCUT2D eigenvalue weighted by atomic mass is 32.1. The zero-order valence-corrected chi connectivity index (χ0v) is 14.9. The van der Waals surface area contributed by atoms with E-state index in [1.165, 1.54) is 33.4 Å². The largest absolute Gasteiger partial charge is 0.197 e. The molecule has 1 heteroatoms. The molecule has 0 nitrogen and oxygen atoms in total. The van der Waals surface area contributed by atoms with Crippen molar-refractivity contribution in [3.63, 3.8) is 0 Å². The van der Waals surface area contributed by atoms with E-state index in [4.69, 9.17) is 0 Å². The fraction of sp³-hybridized carbons (Fsp3) is 0. The topological polar surface area (TPSA) is 0 Å². The first-order valence-electron chi connectivity index (χ1n) is 8.23. The summed E-state index contributed by atoms with van der Waals surface area (Å²) in [6, 6.07) is 38.4. The Morgan fingerprint density at radius 3 is 1.08 bits per heavy atom. The molecule has 4 aromatic rings. The van der Waals surface area contributed by atoms with E-state index in [1.54, 1.807) is 0 Å². The van der Waals surface area contributed by atoms with E-state index in [1.807, 2.05) is 0 Å². The summed E-state index contributed by atoms with van der Waals surface area (Å²) < 4.78 is 0. The van der Waals surface area contributed by atoms with Gasteiger partial charge < -0.3 is 0 Å². The van der Waals surface area contributed by atoms with E-state index in [-0.39, 0.29) is 13.5 Å². The van der Waals surface area contributed by atoms with Crippen molar-refractivity contribution in [2.24, 2.45) is 0 Å². The molecule has 122 valence electrons. The van der Waals surface area contributed by atoms with Crippen molar-refractivity contribution in [2.45, 2.75) is 0 Å². The van der Waals surface area contributed by atoms with Crippen LogP contribution in [0, 0.1) is 0 Å². The van der Waals surface area contributed by atoms with Crippen LogP contribution in [0.5, 0.6) is 0 Å². The monoisotopic (exact) mass is 340 g/mol. The van der Waals surface area contributed by atoms with E-state index >= 15 is 0 Å². The summed E-state index contributed by atoms with van der Waals surface area (Å²) in [6.07, 6.45) is 0. The second kappa shape index (κ2) is 7.87. The molecule has 0 aliphatic carbocycles. The van der Waals surface area contributed by atoms with Crippen LogP contribution in [0.4, 0.5) is 0 Å². The summed E-state index contributed by atoms with van der Waals surface area (Å²) in [6.45, 7) is 0. The standard InChI is InChI=1S/C24H18.H2S/c1-4-11-19(12-5-1)22-17-10-18-23(20-13-6-2-7-14-20)24(22)21-15-8-3-9-16-21;/h1-18H;1H2. The van der Waals surface area contributed by atoms with Crippen LogP contribution in [0.15, 0.2) is 109 Å². The first-order chi connectivity index (χ1) is 11.9. The van der Waals surface area contributed by atoms with Gasteiger partial charge in [-0.1, -0.05) is 109 Å². The lowest BCUT2D eigenvalue weighted by molar-refractivity contribution is 1.56. The molecular formula is C24H20S. The molecule has 0 spiro atoms. The molecule has 0 radical (unpaired) electrons. The van der Waals surface area contributed by atoms with Gasteiger partial charge in [-0.25, -0.2) is 0 Å². The Kier molecular flexibility index (Phi) is 5.37. The maximum Gasteiger partial charge on any atom is -0.00268 e. The van der Waals surface area contributed by atoms with Crippen LogP contribution in [0.2, 0.25) is 0 Å². The van der Waals surface area contributed by atoms with Gasteiger partial charge in [0.1, 0.15) is 0 Å². The molecule has 25 heavy (non-hydrogen) atoms. The molecule has 4 aromatic carbocycles. The average Bonchev–Trinajstić information content (AvgIpc) is 2.69. The molecule has 0 aliphatic rings. The van der Waals surface area contributed by atoms with Crippen LogP contribution in [-0.2, 0) is 0 Å². The average molecular weight is 340 g/mol. The molecule has 0 unspecified atom stereocenters. The third kappa shape index (κ3) is 3.52. The highest BCUT2D eigenvalue weighted by molar-refractivity contribution is 7.59.